The van der Waals surface area contributed by atoms with Gasteiger partial charge in [0.15, 0.2) is 5.78 Å². The lowest BCUT2D eigenvalue weighted by molar-refractivity contribution is -0.133. The summed E-state index contributed by atoms with van der Waals surface area (Å²) in [5.41, 5.74) is 2.21. The molecule has 2 aromatic rings. The van der Waals surface area contributed by atoms with E-state index < -0.39 is 5.97 Å². The lowest BCUT2D eigenvalue weighted by Crippen LogP contribution is -2.28. The zero-order chi connectivity index (χ0) is 23.4. The van der Waals surface area contributed by atoms with Crippen LogP contribution in [0.1, 0.15) is 48.2 Å². The van der Waals surface area contributed by atoms with Gasteiger partial charge in [0, 0.05) is 21.9 Å². The molecular weight excluding hydrogens is 469 g/mol. The van der Waals surface area contributed by atoms with Crippen molar-refractivity contribution in [3.8, 4) is 0 Å². The van der Waals surface area contributed by atoms with E-state index in [4.69, 9.17) is 38.0 Å². The second-order valence-electron chi connectivity index (χ2n) is 8.08. The van der Waals surface area contributed by atoms with Gasteiger partial charge >= 0.3 is 5.97 Å². The largest absolute Gasteiger partial charge is 0.481 e. The van der Waals surface area contributed by atoms with E-state index in [1.165, 1.54) is 11.8 Å². The number of aliphatic carboxylic acids is 1. The number of benzene rings is 2. The van der Waals surface area contributed by atoms with Gasteiger partial charge in [-0.1, -0.05) is 43.1 Å². The Morgan fingerprint density at radius 1 is 1.19 bits per heavy atom. The summed E-state index contributed by atoms with van der Waals surface area (Å²) in [4.78, 5) is 29.2. The number of carboxylic acids is 1. The number of carbonyl (C=O) groups excluding carboxylic acids is 1. The number of hydrogen-bond donors (Lipinski definition) is 1. The summed E-state index contributed by atoms with van der Waals surface area (Å²) in [5.74, 6) is -0.148. The molecule has 1 N–H and O–H groups in total. The van der Waals surface area contributed by atoms with Crippen LogP contribution in [0.15, 0.2) is 46.3 Å². The Kier molecular flexibility index (Phi) is 8.26. The van der Waals surface area contributed by atoms with Crippen molar-refractivity contribution in [2.24, 2.45) is 10.9 Å². The number of aliphatic imine (C=N–C) groups is 1. The Balaban J connectivity index is 1.70. The summed E-state index contributed by atoms with van der Waals surface area (Å²) in [7, 11) is 0. The zero-order valence-corrected chi connectivity index (χ0v) is 20.4. The minimum atomic E-state index is -0.868. The molecule has 3 rings (SSSR count). The molecule has 0 fully saturated rings. The number of hydrogen-bond acceptors (Lipinski definition) is 5. The molecule has 1 aliphatic rings. The number of thioether (sulfide) groups is 1. The van der Waals surface area contributed by atoms with Crippen LogP contribution in [0.25, 0.3) is 0 Å². The molecule has 0 amide bonds. The third-order valence-electron chi connectivity index (χ3n) is 5.24. The van der Waals surface area contributed by atoms with Gasteiger partial charge in [-0.05, 0) is 55.2 Å². The number of rotatable bonds is 9. The lowest BCUT2D eigenvalue weighted by Gasteiger charge is -2.21. The van der Waals surface area contributed by atoms with E-state index in [0.29, 0.717) is 39.9 Å². The third-order valence-corrected chi connectivity index (χ3v) is 6.95. The molecule has 8 heteroatoms. The first kappa shape index (κ1) is 24.6. The fourth-order valence-corrected chi connectivity index (χ4v) is 4.83. The predicted molar refractivity (Wildman–Crippen MR) is 130 cm³/mol. The van der Waals surface area contributed by atoms with Crippen LogP contribution in [0.3, 0.4) is 0 Å². The Morgan fingerprint density at radius 2 is 1.94 bits per heavy atom. The molecule has 0 spiro atoms. The summed E-state index contributed by atoms with van der Waals surface area (Å²) < 4.78 is 6.12. The number of carbonyl (C=O) groups is 2. The Morgan fingerprint density at radius 3 is 2.56 bits per heavy atom. The van der Waals surface area contributed by atoms with Crippen molar-refractivity contribution >= 4 is 52.6 Å². The molecule has 1 heterocycles. The van der Waals surface area contributed by atoms with E-state index in [1.54, 1.807) is 24.3 Å². The van der Waals surface area contributed by atoms with Gasteiger partial charge in [-0.2, -0.15) is 0 Å². The monoisotopic (exact) mass is 493 g/mol. The molecule has 0 aromatic heterocycles. The van der Waals surface area contributed by atoms with Crippen LogP contribution in [0.5, 0.6) is 0 Å². The SMILES string of the molecule is Cc1cc(C(=O)CCC2N=C(c3ccc(Cl)cc3Cl)OC2C(C)C)ccc1SCC(=O)O. The number of aryl methyl sites for hydroxylation is 1. The maximum atomic E-state index is 12.8. The van der Waals surface area contributed by atoms with Gasteiger partial charge < -0.3 is 9.84 Å². The van der Waals surface area contributed by atoms with Gasteiger partial charge in [0.05, 0.1) is 22.4 Å². The molecular formula is C24H25Cl2NO4S. The lowest BCUT2D eigenvalue weighted by atomic mass is 9.94. The molecule has 170 valence electrons. The zero-order valence-electron chi connectivity index (χ0n) is 18.1. The van der Waals surface area contributed by atoms with Crippen LogP contribution in [-0.2, 0) is 9.53 Å². The molecule has 2 unspecified atom stereocenters. The summed E-state index contributed by atoms with van der Waals surface area (Å²) in [6.07, 6.45) is 0.759. The van der Waals surface area contributed by atoms with Gasteiger partial charge in [-0.15, -0.1) is 11.8 Å². The van der Waals surface area contributed by atoms with E-state index in [9.17, 15) is 9.59 Å². The minimum absolute atomic E-state index is 0.00955. The fraction of sp³-hybridized carbons (Fsp3) is 0.375. The quantitative estimate of drug-likeness (QED) is 0.327. The summed E-state index contributed by atoms with van der Waals surface area (Å²) in [5, 5.41) is 9.87. The van der Waals surface area contributed by atoms with E-state index in [1.807, 2.05) is 19.1 Å². The van der Waals surface area contributed by atoms with Gasteiger partial charge in [0.2, 0.25) is 5.90 Å². The molecule has 1 aliphatic heterocycles. The molecule has 5 nitrogen and oxygen atoms in total. The number of Topliss-reactive ketones (excluding diaryl/α,β-unsaturated/α-hetero) is 1. The van der Waals surface area contributed by atoms with Crippen molar-refractivity contribution in [1.82, 2.24) is 0 Å². The highest BCUT2D eigenvalue weighted by Gasteiger charge is 2.34. The highest BCUT2D eigenvalue weighted by molar-refractivity contribution is 8.00. The normalized spacial score (nSPS) is 17.9. The molecule has 0 aliphatic carbocycles. The molecule has 0 bridgehead atoms. The number of ketones is 1. The predicted octanol–water partition coefficient (Wildman–Crippen LogP) is 6.31. The minimum Gasteiger partial charge on any atom is -0.481 e. The average molecular weight is 494 g/mol. The molecule has 2 atom stereocenters. The van der Waals surface area contributed by atoms with Gasteiger partial charge in [-0.3, -0.25) is 9.59 Å². The topological polar surface area (TPSA) is 76.0 Å². The third kappa shape index (κ3) is 6.06. The molecule has 0 saturated heterocycles. The first-order valence-electron chi connectivity index (χ1n) is 10.3. The van der Waals surface area contributed by atoms with Crippen LogP contribution in [-0.4, -0.2) is 40.7 Å². The summed E-state index contributed by atoms with van der Waals surface area (Å²) in [6, 6.07) is 10.4. The van der Waals surface area contributed by atoms with Gasteiger partial charge in [-0.25, -0.2) is 4.99 Å². The molecule has 0 radical (unpaired) electrons. The standard InChI is InChI=1S/C24H25Cl2NO4S/c1-13(2)23-19(27-24(31-23)17-6-5-16(25)11-18(17)26)7-8-20(28)15-4-9-21(14(3)10-15)32-12-22(29)30/h4-6,9-11,13,19,23H,7-8,12H2,1-3H3,(H,29,30). The van der Waals surface area contributed by atoms with Crippen LogP contribution in [0.2, 0.25) is 10.0 Å². The number of halogens is 2. The van der Waals surface area contributed by atoms with E-state index in [-0.39, 0.29) is 29.6 Å². The Hall–Kier alpha value is -2.02. The van der Waals surface area contributed by atoms with Crippen molar-refractivity contribution in [2.45, 2.75) is 50.7 Å². The van der Waals surface area contributed by atoms with Crippen LogP contribution < -0.4 is 0 Å². The average Bonchev–Trinajstić information content (AvgIpc) is 3.15. The number of carboxylic acid groups (broad SMARTS) is 1. The molecule has 32 heavy (non-hydrogen) atoms. The van der Waals surface area contributed by atoms with Crippen molar-refractivity contribution in [3.05, 3.63) is 63.1 Å². The van der Waals surface area contributed by atoms with Gasteiger partial charge in [0.25, 0.3) is 0 Å². The van der Waals surface area contributed by atoms with E-state index >= 15 is 0 Å². The maximum Gasteiger partial charge on any atom is 0.313 e. The van der Waals surface area contributed by atoms with Crippen LogP contribution in [0, 0.1) is 12.8 Å². The van der Waals surface area contributed by atoms with Crippen LogP contribution in [0.4, 0.5) is 0 Å². The number of nitrogens with zero attached hydrogens (tertiary/aromatic N) is 1. The van der Waals surface area contributed by atoms with Crippen molar-refractivity contribution in [3.63, 3.8) is 0 Å². The number of ether oxygens (including phenoxy) is 1. The highest BCUT2D eigenvalue weighted by atomic mass is 35.5. The highest BCUT2D eigenvalue weighted by Crippen LogP contribution is 2.31. The van der Waals surface area contributed by atoms with Crippen molar-refractivity contribution in [2.75, 3.05) is 5.75 Å². The smallest absolute Gasteiger partial charge is 0.313 e. The van der Waals surface area contributed by atoms with E-state index in [2.05, 4.69) is 13.8 Å². The first-order valence-corrected chi connectivity index (χ1v) is 12.1. The van der Waals surface area contributed by atoms with Crippen LogP contribution >= 0.6 is 35.0 Å². The maximum absolute atomic E-state index is 12.8. The first-order chi connectivity index (χ1) is 15.2. The Bertz CT molecular complexity index is 1050. The van der Waals surface area contributed by atoms with E-state index in [0.717, 1.165) is 10.5 Å². The fourth-order valence-electron chi connectivity index (χ4n) is 3.61. The van der Waals surface area contributed by atoms with Crippen molar-refractivity contribution in [1.29, 1.82) is 0 Å². The molecule has 2 aromatic carbocycles. The summed E-state index contributed by atoms with van der Waals surface area (Å²) in [6.45, 7) is 6.02. The molecule has 0 saturated carbocycles. The second kappa shape index (κ2) is 10.7. The van der Waals surface area contributed by atoms with Gasteiger partial charge in [0.1, 0.15) is 6.10 Å². The second-order valence-corrected chi connectivity index (χ2v) is 9.94. The summed E-state index contributed by atoms with van der Waals surface area (Å²) >= 11 is 13.6. The Labute approximate surface area is 202 Å². The van der Waals surface area contributed by atoms with Crippen molar-refractivity contribution < 1.29 is 19.4 Å².